The largest absolute Gasteiger partial charge is 0.413 e. The zero-order valence-corrected chi connectivity index (χ0v) is 16.2. The summed E-state index contributed by atoms with van der Waals surface area (Å²) < 4.78 is 5.50. The first-order valence-corrected chi connectivity index (χ1v) is 9.85. The second-order valence-corrected chi connectivity index (χ2v) is 7.22. The number of hydrogen-bond donors (Lipinski definition) is 3. The molecule has 0 aliphatic heterocycles. The molecule has 4 aromatic rings. The molecule has 3 aromatic heterocycles. The number of carbonyl (C=O) groups excluding carboxylic acids is 1. The summed E-state index contributed by atoms with van der Waals surface area (Å²) in [5.74, 6) is 0. The lowest BCUT2D eigenvalue weighted by atomic mass is 10.1. The Morgan fingerprint density at radius 2 is 2.07 bits per heavy atom. The fraction of sp³-hybridized carbons (Fsp3) is 0.143. The van der Waals surface area contributed by atoms with E-state index in [1.54, 1.807) is 6.20 Å². The standard InChI is InChI=1S/C21H20N4O2S/c1-14-4-2-3-5-15(14)6-10-24-21(26)27-20-18(9-13-28-20)25-17-8-12-23-19-16(17)7-11-22-19/h2-5,7-9,11-13H,6,10H2,1H3,(H,24,26)(H2,22,23,25). The summed E-state index contributed by atoms with van der Waals surface area (Å²) in [4.78, 5) is 19.6. The fourth-order valence-corrected chi connectivity index (χ4v) is 3.69. The van der Waals surface area contributed by atoms with E-state index in [2.05, 4.69) is 39.7 Å². The molecule has 0 aliphatic carbocycles. The lowest BCUT2D eigenvalue weighted by Gasteiger charge is -2.10. The molecule has 6 nitrogen and oxygen atoms in total. The molecule has 3 heterocycles. The van der Waals surface area contributed by atoms with E-state index < -0.39 is 6.09 Å². The molecule has 1 aromatic carbocycles. The van der Waals surface area contributed by atoms with Crippen LogP contribution < -0.4 is 15.4 Å². The summed E-state index contributed by atoms with van der Waals surface area (Å²) in [5, 5.41) is 9.52. The molecule has 4 rings (SSSR count). The molecular formula is C21H20N4O2S. The molecule has 0 bridgehead atoms. The van der Waals surface area contributed by atoms with Crippen molar-refractivity contribution in [1.82, 2.24) is 15.3 Å². The number of fused-ring (bicyclic) bond motifs is 1. The third-order valence-electron chi connectivity index (χ3n) is 4.47. The molecule has 0 aliphatic rings. The number of thiophene rings is 1. The first-order chi connectivity index (χ1) is 13.7. The van der Waals surface area contributed by atoms with Crippen molar-refractivity contribution >= 4 is 39.8 Å². The van der Waals surface area contributed by atoms with E-state index in [0.717, 1.165) is 28.8 Å². The van der Waals surface area contributed by atoms with Crippen LogP contribution in [0, 0.1) is 6.92 Å². The fourth-order valence-electron chi connectivity index (χ4n) is 2.99. The molecule has 0 saturated heterocycles. The Morgan fingerprint density at radius 3 is 2.96 bits per heavy atom. The Bertz CT molecular complexity index is 1100. The van der Waals surface area contributed by atoms with Crippen molar-refractivity contribution in [3.8, 4) is 5.06 Å². The number of amides is 1. The Morgan fingerprint density at radius 1 is 1.18 bits per heavy atom. The van der Waals surface area contributed by atoms with Crippen LogP contribution in [0.2, 0.25) is 0 Å². The average molecular weight is 392 g/mol. The van der Waals surface area contributed by atoms with Crippen molar-refractivity contribution in [2.24, 2.45) is 0 Å². The van der Waals surface area contributed by atoms with E-state index in [1.165, 1.54) is 22.5 Å². The number of H-pyrrole nitrogens is 1. The van der Waals surface area contributed by atoms with E-state index >= 15 is 0 Å². The highest BCUT2D eigenvalue weighted by Crippen LogP contribution is 2.35. The van der Waals surface area contributed by atoms with E-state index in [1.807, 2.05) is 41.9 Å². The molecular weight excluding hydrogens is 372 g/mol. The zero-order valence-electron chi connectivity index (χ0n) is 15.4. The molecule has 28 heavy (non-hydrogen) atoms. The lowest BCUT2D eigenvalue weighted by Crippen LogP contribution is -2.28. The molecule has 0 atom stereocenters. The predicted octanol–water partition coefficient (Wildman–Crippen LogP) is 5.01. The first kappa shape index (κ1) is 18.1. The summed E-state index contributed by atoms with van der Waals surface area (Å²) in [6, 6.07) is 13.9. The minimum atomic E-state index is -0.458. The van der Waals surface area contributed by atoms with Crippen LogP contribution in [0.5, 0.6) is 5.06 Å². The van der Waals surface area contributed by atoms with Crippen LogP contribution in [-0.4, -0.2) is 22.6 Å². The molecule has 142 valence electrons. The van der Waals surface area contributed by atoms with Gasteiger partial charge < -0.3 is 20.4 Å². The van der Waals surface area contributed by atoms with Crippen LogP contribution in [0.15, 0.2) is 60.2 Å². The predicted molar refractivity (Wildman–Crippen MR) is 113 cm³/mol. The van der Waals surface area contributed by atoms with Gasteiger partial charge >= 0.3 is 6.09 Å². The number of aromatic nitrogens is 2. The van der Waals surface area contributed by atoms with Gasteiger partial charge in [0, 0.05) is 24.3 Å². The Labute approximate surface area is 166 Å². The number of nitrogens with zero attached hydrogens (tertiary/aromatic N) is 1. The van der Waals surface area contributed by atoms with Gasteiger partial charge in [-0.25, -0.2) is 9.78 Å². The Kier molecular flexibility index (Phi) is 5.25. The second-order valence-electron chi connectivity index (χ2n) is 6.34. The Hall–Kier alpha value is -3.32. The van der Waals surface area contributed by atoms with Gasteiger partial charge in [-0.3, -0.25) is 0 Å². The highest BCUT2D eigenvalue weighted by Gasteiger charge is 2.12. The number of ether oxygens (including phenoxy) is 1. The number of aromatic amines is 1. The van der Waals surface area contributed by atoms with Gasteiger partial charge in [-0.15, -0.1) is 11.3 Å². The molecule has 0 radical (unpaired) electrons. The van der Waals surface area contributed by atoms with E-state index in [9.17, 15) is 4.79 Å². The number of aryl methyl sites for hydroxylation is 1. The Balaban J connectivity index is 1.37. The van der Waals surface area contributed by atoms with Gasteiger partial charge in [0.15, 0.2) is 0 Å². The summed E-state index contributed by atoms with van der Waals surface area (Å²) >= 11 is 1.37. The van der Waals surface area contributed by atoms with Crippen molar-refractivity contribution < 1.29 is 9.53 Å². The highest BCUT2D eigenvalue weighted by molar-refractivity contribution is 7.12. The normalized spacial score (nSPS) is 10.8. The number of anilines is 2. The zero-order chi connectivity index (χ0) is 19.3. The van der Waals surface area contributed by atoms with Gasteiger partial charge in [0.05, 0.1) is 11.4 Å². The summed E-state index contributed by atoms with van der Waals surface area (Å²) in [7, 11) is 0. The SMILES string of the molecule is Cc1ccccc1CCNC(=O)Oc1sccc1Nc1ccnc2[nH]ccc12. The van der Waals surface area contributed by atoms with Crippen molar-refractivity contribution in [2.75, 3.05) is 11.9 Å². The summed E-state index contributed by atoms with van der Waals surface area (Å²) in [6.45, 7) is 2.59. The van der Waals surface area contributed by atoms with Gasteiger partial charge in [-0.2, -0.15) is 0 Å². The quantitative estimate of drug-likeness (QED) is 0.431. The van der Waals surface area contributed by atoms with Crippen molar-refractivity contribution in [1.29, 1.82) is 0 Å². The maximum Gasteiger partial charge on any atom is 0.413 e. The second kappa shape index (κ2) is 8.14. The summed E-state index contributed by atoms with van der Waals surface area (Å²) in [6.07, 6.45) is 3.88. The van der Waals surface area contributed by atoms with Crippen LogP contribution in [0.1, 0.15) is 11.1 Å². The molecule has 3 N–H and O–H groups in total. The monoisotopic (exact) mass is 392 g/mol. The smallest absolute Gasteiger partial charge is 0.397 e. The average Bonchev–Trinajstić information content (AvgIpc) is 3.33. The molecule has 0 fully saturated rings. The van der Waals surface area contributed by atoms with Crippen molar-refractivity contribution in [2.45, 2.75) is 13.3 Å². The van der Waals surface area contributed by atoms with E-state index in [4.69, 9.17) is 4.74 Å². The van der Waals surface area contributed by atoms with Gasteiger partial charge in [0.25, 0.3) is 0 Å². The minimum Gasteiger partial charge on any atom is -0.397 e. The molecule has 0 unspecified atom stereocenters. The third-order valence-corrected chi connectivity index (χ3v) is 5.26. The molecule has 1 amide bonds. The van der Waals surface area contributed by atoms with Gasteiger partial charge in [-0.05, 0) is 48.1 Å². The first-order valence-electron chi connectivity index (χ1n) is 8.97. The number of nitrogens with one attached hydrogen (secondary N) is 3. The number of rotatable bonds is 6. The van der Waals surface area contributed by atoms with Crippen LogP contribution in [0.3, 0.4) is 0 Å². The maximum absolute atomic E-state index is 12.2. The highest BCUT2D eigenvalue weighted by atomic mass is 32.1. The van der Waals surface area contributed by atoms with Crippen LogP contribution in [0.25, 0.3) is 11.0 Å². The topological polar surface area (TPSA) is 79.0 Å². The molecule has 0 spiro atoms. The van der Waals surface area contributed by atoms with Gasteiger partial charge in [-0.1, -0.05) is 24.3 Å². The van der Waals surface area contributed by atoms with E-state index in [0.29, 0.717) is 11.6 Å². The van der Waals surface area contributed by atoms with Crippen molar-refractivity contribution in [3.05, 3.63) is 71.4 Å². The van der Waals surface area contributed by atoms with Crippen molar-refractivity contribution in [3.63, 3.8) is 0 Å². The number of hydrogen-bond acceptors (Lipinski definition) is 5. The van der Waals surface area contributed by atoms with E-state index in [-0.39, 0.29) is 0 Å². The van der Waals surface area contributed by atoms with Gasteiger partial charge in [0.1, 0.15) is 5.65 Å². The number of carbonyl (C=O) groups is 1. The van der Waals surface area contributed by atoms with Crippen LogP contribution in [-0.2, 0) is 6.42 Å². The lowest BCUT2D eigenvalue weighted by molar-refractivity contribution is 0.202. The minimum absolute atomic E-state index is 0.458. The maximum atomic E-state index is 12.2. The van der Waals surface area contributed by atoms with Crippen LogP contribution in [0.4, 0.5) is 16.2 Å². The number of pyridine rings is 1. The number of benzene rings is 1. The third kappa shape index (κ3) is 3.99. The molecule has 0 saturated carbocycles. The molecule has 7 heteroatoms. The van der Waals surface area contributed by atoms with Gasteiger partial charge in [0.2, 0.25) is 5.06 Å². The van der Waals surface area contributed by atoms with Crippen LogP contribution >= 0.6 is 11.3 Å². The summed E-state index contributed by atoms with van der Waals surface area (Å²) in [5.41, 5.74) is 4.88.